The molecule has 3 N–H and O–H groups in total. The van der Waals surface area contributed by atoms with Crippen molar-refractivity contribution < 1.29 is 9.59 Å². The molecule has 0 saturated heterocycles. The van der Waals surface area contributed by atoms with Gasteiger partial charge in [0, 0.05) is 6.08 Å². The van der Waals surface area contributed by atoms with Crippen molar-refractivity contribution in [2.24, 2.45) is 0 Å². The van der Waals surface area contributed by atoms with E-state index in [-0.39, 0.29) is 23.3 Å². The third-order valence-corrected chi connectivity index (χ3v) is 3.19. The van der Waals surface area contributed by atoms with Gasteiger partial charge in [-0.3, -0.25) is 25.8 Å². The number of benzene rings is 2. The van der Waals surface area contributed by atoms with E-state index in [2.05, 4.69) is 16.2 Å². The maximum Gasteiger partial charge on any atom is 0.250 e. The number of rotatable bonds is 4. The van der Waals surface area contributed by atoms with Crippen LogP contribution in [0, 0.1) is 0 Å². The Bertz CT molecular complexity index is 730. The normalized spacial score (nSPS) is 10.2. The molecule has 0 fully saturated rings. The van der Waals surface area contributed by atoms with E-state index in [9.17, 15) is 9.59 Å². The molecule has 0 unspecified atom stereocenters. The Morgan fingerprint density at radius 3 is 2.21 bits per heavy atom. The molecule has 0 spiro atoms. The van der Waals surface area contributed by atoms with Gasteiger partial charge in [0.05, 0.1) is 6.42 Å². The fourth-order valence-corrected chi connectivity index (χ4v) is 2.02. The van der Waals surface area contributed by atoms with E-state index in [1.165, 1.54) is 6.08 Å². The summed E-state index contributed by atoms with van der Waals surface area (Å²) < 4.78 is 0. The lowest BCUT2D eigenvalue weighted by molar-refractivity contribution is -0.121. The van der Waals surface area contributed by atoms with Gasteiger partial charge in [-0.05, 0) is 29.4 Å². The lowest BCUT2D eigenvalue weighted by Crippen LogP contribution is -2.48. The summed E-state index contributed by atoms with van der Waals surface area (Å²) in [6, 6.07) is 18.7. The fourth-order valence-electron chi connectivity index (χ4n) is 1.87. The van der Waals surface area contributed by atoms with Crippen LogP contribution in [0.3, 0.4) is 0 Å². The van der Waals surface area contributed by atoms with E-state index in [4.69, 9.17) is 12.2 Å². The Hall–Kier alpha value is -2.99. The van der Waals surface area contributed by atoms with Gasteiger partial charge in [0.1, 0.15) is 0 Å². The van der Waals surface area contributed by atoms with Gasteiger partial charge in [-0.1, -0.05) is 60.7 Å². The van der Waals surface area contributed by atoms with Crippen molar-refractivity contribution in [2.75, 3.05) is 0 Å². The molecule has 0 bridgehead atoms. The molecule has 2 aromatic carbocycles. The third kappa shape index (κ3) is 6.41. The first-order valence-corrected chi connectivity index (χ1v) is 7.71. The summed E-state index contributed by atoms with van der Waals surface area (Å²) in [5, 5.41) is 2.48. The molecule has 0 aliphatic heterocycles. The van der Waals surface area contributed by atoms with Crippen molar-refractivity contribution in [2.45, 2.75) is 6.42 Å². The summed E-state index contributed by atoms with van der Waals surface area (Å²) in [5.41, 5.74) is 6.73. The predicted molar refractivity (Wildman–Crippen MR) is 97.6 cm³/mol. The molecular formula is C18H17N3O2S. The van der Waals surface area contributed by atoms with Crippen LogP contribution in [0.1, 0.15) is 11.1 Å². The van der Waals surface area contributed by atoms with Crippen LogP contribution in [0.4, 0.5) is 0 Å². The summed E-state index contributed by atoms with van der Waals surface area (Å²) in [4.78, 5) is 23.5. The predicted octanol–water partition coefficient (Wildman–Crippen LogP) is 1.96. The van der Waals surface area contributed by atoms with Gasteiger partial charge >= 0.3 is 0 Å². The molecule has 0 aliphatic rings. The number of hydrogen-bond acceptors (Lipinski definition) is 3. The van der Waals surface area contributed by atoms with Gasteiger partial charge in [-0.15, -0.1) is 0 Å². The average molecular weight is 339 g/mol. The van der Waals surface area contributed by atoms with Crippen molar-refractivity contribution >= 4 is 35.2 Å². The second kappa shape index (κ2) is 9.22. The van der Waals surface area contributed by atoms with Crippen LogP contribution < -0.4 is 16.2 Å². The number of hydrazine groups is 1. The topological polar surface area (TPSA) is 70.2 Å². The Balaban J connectivity index is 1.71. The van der Waals surface area contributed by atoms with Crippen LogP contribution in [0.15, 0.2) is 66.7 Å². The zero-order valence-corrected chi connectivity index (χ0v) is 13.7. The van der Waals surface area contributed by atoms with Gasteiger partial charge in [-0.25, -0.2) is 0 Å². The number of nitrogens with one attached hydrogen (secondary N) is 3. The van der Waals surface area contributed by atoms with Gasteiger partial charge in [0.15, 0.2) is 5.11 Å². The number of carbonyl (C=O) groups is 2. The summed E-state index contributed by atoms with van der Waals surface area (Å²) >= 11 is 4.95. The molecule has 0 atom stereocenters. The van der Waals surface area contributed by atoms with Gasteiger partial charge in [0.2, 0.25) is 11.8 Å². The first-order chi connectivity index (χ1) is 11.6. The highest BCUT2D eigenvalue weighted by Crippen LogP contribution is 2.00. The summed E-state index contributed by atoms with van der Waals surface area (Å²) in [6.45, 7) is 0. The minimum absolute atomic E-state index is 0.0270. The molecular weight excluding hydrogens is 322 g/mol. The Labute approximate surface area is 145 Å². The molecule has 2 aromatic rings. The van der Waals surface area contributed by atoms with Crippen molar-refractivity contribution in [3.63, 3.8) is 0 Å². The van der Waals surface area contributed by atoms with Gasteiger partial charge < -0.3 is 0 Å². The zero-order valence-electron chi connectivity index (χ0n) is 12.9. The van der Waals surface area contributed by atoms with Gasteiger partial charge in [0.25, 0.3) is 0 Å². The van der Waals surface area contributed by atoms with E-state index in [1.807, 2.05) is 60.7 Å². The van der Waals surface area contributed by atoms with E-state index < -0.39 is 0 Å². The zero-order chi connectivity index (χ0) is 17.2. The number of amides is 2. The minimum atomic E-state index is -0.381. The van der Waals surface area contributed by atoms with Crippen molar-refractivity contribution in [3.8, 4) is 0 Å². The largest absolute Gasteiger partial charge is 0.298 e. The highest BCUT2D eigenvalue weighted by atomic mass is 32.1. The molecule has 5 nitrogen and oxygen atoms in total. The molecule has 122 valence electrons. The van der Waals surface area contributed by atoms with Crippen molar-refractivity contribution in [1.82, 2.24) is 16.2 Å². The Morgan fingerprint density at radius 2 is 1.54 bits per heavy atom. The second-order valence-corrected chi connectivity index (χ2v) is 5.31. The first kappa shape index (κ1) is 17.4. The number of carbonyl (C=O) groups excluding carboxylic acids is 2. The Morgan fingerprint density at radius 1 is 0.917 bits per heavy atom. The van der Waals surface area contributed by atoms with Crippen LogP contribution in [0.5, 0.6) is 0 Å². The van der Waals surface area contributed by atoms with Gasteiger partial charge in [-0.2, -0.15) is 0 Å². The quantitative estimate of drug-likeness (QED) is 0.452. The minimum Gasteiger partial charge on any atom is -0.298 e. The smallest absolute Gasteiger partial charge is 0.250 e. The third-order valence-electron chi connectivity index (χ3n) is 2.99. The molecule has 0 aromatic heterocycles. The maximum absolute atomic E-state index is 11.8. The number of hydrogen-bond donors (Lipinski definition) is 3. The standard InChI is InChI=1S/C18H17N3O2S/c22-16(12-11-14-7-3-1-4-8-14)19-18(24)21-20-17(23)13-15-9-5-2-6-10-15/h1-12H,13H2,(H,20,23)(H2,19,21,22,24). The lowest BCUT2D eigenvalue weighted by atomic mass is 10.1. The van der Waals surface area contributed by atoms with E-state index in [0.29, 0.717) is 0 Å². The van der Waals surface area contributed by atoms with Crippen LogP contribution in [-0.4, -0.2) is 16.9 Å². The fraction of sp³-hybridized carbons (Fsp3) is 0.0556. The highest BCUT2D eigenvalue weighted by molar-refractivity contribution is 7.80. The van der Waals surface area contributed by atoms with E-state index in [1.54, 1.807) is 6.08 Å². The van der Waals surface area contributed by atoms with Crippen LogP contribution >= 0.6 is 12.2 Å². The molecule has 0 heterocycles. The van der Waals surface area contributed by atoms with E-state index in [0.717, 1.165) is 11.1 Å². The maximum atomic E-state index is 11.8. The second-order valence-electron chi connectivity index (χ2n) is 4.90. The molecule has 6 heteroatoms. The van der Waals surface area contributed by atoms with Crippen LogP contribution in [0.2, 0.25) is 0 Å². The molecule has 2 rings (SSSR count). The summed E-state index contributed by atoms with van der Waals surface area (Å²) in [6.07, 6.45) is 3.26. The summed E-state index contributed by atoms with van der Waals surface area (Å²) in [5.74, 6) is -0.633. The van der Waals surface area contributed by atoms with Crippen molar-refractivity contribution in [1.29, 1.82) is 0 Å². The Kier molecular flexibility index (Phi) is 6.67. The SMILES string of the molecule is O=C(C=Cc1ccccc1)NC(=S)NNC(=O)Cc1ccccc1. The molecule has 24 heavy (non-hydrogen) atoms. The van der Waals surface area contributed by atoms with Crippen molar-refractivity contribution in [3.05, 3.63) is 77.9 Å². The highest BCUT2D eigenvalue weighted by Gasteiger charge is 2.04. The molecule has 0 radical (unpaired) electrons. The van der Waals surface area contributed by atoms with Crippen LogP contribution in [0.25, 0.3) is 6.08 Å². The monoisotopic (exact) mass is 339 g/mol. The lowest BCUT2D eigenvalue weighted by Gasteiger charge is -2.09. The molecule has 2 amide bonds. The van der Waals surface area contributed by atoms with Crippen LogP contribution in [-0.2, 0) is 16.0 Å². The molecule has 0 aliphatic carbocycles. The first-order valence-electron chi connectivity index (χ1n) is 7.30. The average Bonchev–Trinajstić information content (AvgIpc) is 2.60. The number of thiocarbonyl (C=S) groups is 1. The summed E-state index contributed by atoms with van der Waals surface area (Å²) in [7, 11) is 0. The van der Waals surface area contributed by atoms with E-state index >= 15 is 0 Å². The molecule has 0 saturated carbocycles.